The van der Waals surface area contributed by atoms with Crippen LogP contribution in [0.2, 0.25) is 0 Å². The molecule has 0 saturated carbocycles. The topological polar surface area (TPSA) is 71.1 Å². The molecule has 0 aliphatic carbocycles. The summed E-state index contributed by atoms with van der Waals surface area (Å²) in [7, 11) is 3.20. The predicted octanol–water partition coefficient (Wildman–Crippen LogP) is 3.89. The molecule has 1 spiro atoms. The highest BCUT2D eigenvalue weighted by molar-refractivity contribution is 7.10. The minimum Gasteiger partial charge on any atom is -0.497 e. The molecule has 1 N–H and O–H groups in total. The highest BCUT2D eigenvalue weighted by atomic mass is 35.5. The van der Waals surface area contributed by atoms with E-state index in [0.29, 0.717) is 12.5 Å². The Bertz CT molecular complexity index is 946. The second-order valence-corrected chi connectivity index (χ2v) is 10.3. The first-order valence-corrected chi connectivity index (χ1v) is 12.9. The summed E-state index contributed by atoms with van der Waals surface area (Å²) in [6, 6.07) is 12.1. The lowest BCUT2D eigenvalue weighted by Gasteiger charge is -2.38. The van der Waals surface area contributed by atoms with Crippen molar-refractivity contribution in [2.75, 3.05) is 47.0 Å². The molecule has 0 radical (unpaired) electrons. The zero-order valence-corrected chi connectivity index (χ0v) is 22.2. The van der Waals surface area contributed by atoms with Crippen LogP contribution in [0.25, 0.3) is 0 Å². The third-order valence-electron chi connectivity index (χ3n) is 7.18. The predicted molar refractivity (Wildman–Crippen MR) is 140 cm³/mol. The summed E-state index contributed by atoms with van der Waals surface area (Å²) < 4.78 is 10.2. The summed E-state index contributed by atoms with van der Waals surface area (Å²) in [4.78, 5) is 31.1. The molecule has 1 atom stereocenters. The number of rotatable bonds is 10. The van der Waals surface area contributed by atoms with Crippen LogP contribution < -0.4 is 10.1 Å². The normalized spacial score (nSPS) is 18.3. The molecule has 192 valence electrons. The first-order valence-electron chi connectivity index (χ1n) is 12.0. The number of halogens is 1. The van der Waals surface area contributed by atoms with Gasteiger partial charge in [0.05, 0.1) is 18.6 Å². The molecule has 9 heteroatoms. The van der Waals surface area contributed by atoms with Crippen LogP contribution in [0.3, 0.4) is 0 Å². The second-order valence-electron chi connectivity index (χ2n) is 9.30. The molecule has 2 amide bonds. The maximum absolute atomic E-state index is 13.3. The van der Waals surface area contributed by atoms with Gasteiger partial charge in [-0.1, -0.05) is 18.2 Å². The monoisotopic (exact) mass is 521 g/mol. The number of ether oxygens (including phenoxy) is 2. The summed E-state index contributed by atoms with van der Waals surface area (Å²) in [5.41, 5.74) is 0.932. The molecule has 1 aromatic heterocycles. The van der Waals surface area contributed by atoms with Gasteiger partial charge in [0.15, 0.2) is 0 Å². The van der Waals surface area contributed by atoms with Crippen molar-refractivity contribution in [1.82, 2.24) is 15.1 Å². The number of hydrogen-bond acceptors (Lipinski definition) is 6. The average Bonchev–Trinajstić information content (AvgIpc) is 3.49. The lowest BCUT2D eigenvalue weighted by atomic mass is 9.77. The second kappa shape index (κ2) is 12.7. The van der Waals surface area contributed by atoms with Crippen molar-refractivity contribution in [1.29, 1.82) is 0 Å². The fourth-order valence-electron chi connectivity index (χ4n) is 5.12. The maximum atomic E-state index is 13.3. The zero-order valence-electron chi connectivity index (χ0n) is 20.5. The highest BCUT2D eigenvalue weighted by Gasteiger charge is 2.47. The Kier molecular flexibility index (Phi) is 9.98. The van der Waals surface area contributed by atoms with Crippen molar-refractivity contribution in [3.63, 3.8) is 0 Å². The number of likely N-dealkylation sites (tertiary alicyclic amines) is 2. The molecular weight excluding hydrogens is 486 g/mol. The Morgan fingerprint density at radius 2 is 1.83 bits per heavy atom. The summed E-state index contributed by atoms with van der Waals surface area (Å²) in [5, 5.41) is 5.14. The van der Waals surface area contributed by atoms with Crippen molar-refractivity contribution in [2.24, 2.45) is 5.41 Å². The van der Waals surface area contributed by atoms with Crippen molar-refractivity contribution < 1.29 is 19.1 Å². The van der Waals surface area contributed by atoms with E-state index in [9.17, 15) is 9.59 Å². The number of benzene rings is 1. The van der Waals surface area contributed by atoms with Crippen LogP contribution in [0.4, 0.5) is 0 Å². The molecule has 1 aromatic carbocycles. The Hall–Kier alpha value is -2.13. The van der Waals surface area contributed by atoms with Gasteiger partial charge in [0.1, 0.15) is 12.4 Å². The van der Waals surface area contributed by atoms with Gasteiger partial charge in [-0.05, 0) is 67.9 Å². The van der Waals surface area contributed by atoms with Crippen LogP contribution in [-0.2, 0) is 20.9 Å². The van der Waals surface area contributed by atoms with Crippen molar-refractivity contribution in [2.45, 2.75) is 38.3 Å². The van der Waals surface area contributed by atoms with Crippen molar-refractivity contribution >= 4 is 35.6 Å². The molecule has 2 aliphatic heterocycles. The quantitative estimate of drug-likeness (QED) is 0.513. The van der Waals surface area contributed by atoms with E-state index in [4.69, 9.17) is 9.47 Å². The lowest BCUT2D eigenvalue weighted by molar-refractivity contribution is -0.139. The number of thiophene rings is 1. The van der Waals surface area contributed by atoms with Gasteiger partial charge >= 0.3 is 0 Å². The van der Waals surface area contributed by atoms with Gasteiger partial charge in [-0.3, -0.25) is 9.59 Å². The fraction of sp³-hybridized carbons (Fsp3) is 0.538. The number of carbonyl (C=O) groups is 2. The number of methoxy groups -OCH3 is 2. The number of carbonyl (C=O) groups excluding carboxylic acids is 2. The third kappa shape index (κ3) is 6.76. The van der Waals surface area contributed by atoms with Gasteiger partial charge < -0.3 is 24.6 Å². The number of piperidine rings is 1. The van der Waals surface area contributed by atoms with E-state index in [1.807, 2.05) is 40.6 Å². The van der Waals surface area contributed by atoms with E-state index < -0.39 is 0 Å². The van der Waals surface area contributed by atoms with Gasteiger partial charge in [-0.25, -0.2) is 0 Å². The van der Waals surface area contributed by atoms with E-state index in [0.717, 1.165) is 68.1 Å². The molecule has 2 saturated heterocycles. The van der Waals surface area contributed by atoms with E-state index in [-0.39, 0.29) is 36.4 Å². The first-order chi connectivity index (χ1) is 16.5. The SMILES string of the molecule is COCC(=O)NC(CCN1CCC2(CC1)CCN(Cc1ccc(OC)cc1)C2=O)c1cccs1.Cl. The number of amides is 2. The van der Waals surface area contributed by atoms with Gasteiger partial charge in [0, 0.05) is 31.6 Å². The molecule has 2 aliphatic rings. The molecule has 7 nitrogen and oxygen atoms in total. The van der Waals surface area contributed by atoms with Gasteiger partial charge in [0.2, 0.25) is 11.8 Å². The van der Waals surface area contributed by atoms with Crippen LogP contribution in [0.1, 0.15) is 42.2 Å². The molecule has 0 bridgehead atoms. The molecule has 1 unspecified atom stereocenters. The van der Waals surface area contributed by atoms with Crippen molar-refractivity contribution in [3.05, 3.63) is 52.2 Å². The molecule has 2 aromatic rings. The Labute approximate surface area is 218 Å². The summed E-state index contributed by atoms with van der Waals surface area (Å²) >= 11 is 1.66. The largest absolute Gasteiger partial charge is 0.497 e. The Morgan fingerprint density at radius 1 is 1.11 bits per heavy atom. The Balaban J connectivity index is 0.00000342. The smallest absolute Gasteiger partial charge is 0.246 e. The van der Waals surface area contributed by atoms with E-state index in [2.05, 4.69) is 16.3 Å². The van der Waals surface area contributed by atoms with Gasteiger partial charge in [-0.15, -0.1) is 23.7 Å². The fourth-order valence-corrected chi connectivity index (χ4v) is 5.93. The van der Waals surface area contributed by atoms with Crippen LogP contribution in [0.15, 0.2) is 41.8 Å². The minimum absolute atomic E-state index is 0. The maximum Gasteiger partial charge on any atom is 0.246 e. The van der Waals surface area contributed by atoms with Gasteiger partial charge in [-0.2, -0.15) is 0 Å². The van der Waals surface area contributed by atoms with Crippen LogP contribution >= 0.6 is 23.7 Å². The lowest BCUT2D eigenvalue weighted by Crippen LogP contribution is -2.45. The number of nitrogens with zero attached hydrogens (tertiary/aromatic N) is 2. The third-order valence-corrected chi connectivity index (χ3v) is 8.16. The summed E-state index contributed by atoms with van der Waals surface area (Å²) in [6.45, 7) is 4.31. The molecule has 3 heterocycles. The zero-order chi connectivity index (χ0) is 24.0. The molecular formula is C26H36ClN3O4S. The molecule has 35 heavy (non-hydrogen) atoms. The minimum atomic E-state index is -0.206. The van der Waals surface area contributed by atoms with Crippen LogP contribution in [0, 0.1) is 5.41 Å². The van der Waals surface area contributed by atoms with Crippen molar-refractivity contribution in [3.8, 4) is 5.75 Å². The van der Waals surface area contributed by atoms with E-state index >= 15 is 0 Å². The summed E-state index contributed by atoms with van der Waals surface area (Å²) in [6.07, 6.45) is 3.61. The number of hydrogen-bond donors (Lipinski definition) is 1. The van der Waals surface area contributed by atoms with Gasteiger partial charge in [0.25, 0.3) is 0 Å². The number of nitrogens with one attached hydrogen (secondary N) is 1. The van der Waals surface area contributed by atoms with Crippen LogP contribution in [-0.4, -0.2) is 68.6 Å². The van der Waals surface area contributed by atoms with E-state index in [1.54, 1.807) is 18.4 Å². The summed E-state index contributed by atoms with van der Waals surface area (Å²) in [5.74, 6) is 1.05. The van der Waals surface area contributed by atoms with Crippen LogP contribution in [0.5, 0.6) is 5.75 Å². The standard InChI is InChI=1S/C26H35N3O4S.ClH/c1-32-19-24(30)27-22(23-4-3-17-34-23)9-13-28-14-10-26(11-15-28)12-16-29(25(26)31)18-20-5-7-21(33-2)8-6-20;/h3-8,17,22H,9-16,18-19H2,1-2H3,(H,27,30);1H. The molecule has 4 rings (SSSR count). The average molecular weight is 522 g/mol. The first kappa shape index (κ1) is 27.5. The highest BCUT2D eigenvalue weighted by Crippen LogP contribution is 2.42. The van der Waals surface area contributed by atoms with E-state index in [1.165, 1.54) is 7.11 Å². The Morgan fingerprint density at radius 3 is 2.46 bits per heavy atom. The molecule has 2 fully saturated rings.